The number of carboxylic acids is 2. The number of carbonyl (C=O) groups is 2. The second-order valence-corrected chi connectivity index (χ2v) is 25.1. The summed E-state index contributed by atoms with van der Waals surface area (Å²) in [6, 6.07) is 0. The quantitative estimate of drug-likeness (QED) is 0.0303. The van der Waals surface area contributed by atoms with Crippen molar-refractivity contribution >= 4 is 63.9 Å². The fourth-order valence-electron chi connectivity index (χ4n) is 10.5. The van der Waals surface area contributed by atoms with Gasteiger partial charge in [-0.25, -0.2) is 30.5 Å². The van der Waals surface area contributed by atoms with Crippen LogP contribution in [0, 0.1) is 0 Å². The molecule has 5 heterocycles. The number of hydrogen-bond acceptors (Lipinski definition) is 35. The molecule has 47 heteroatoms. The van der Waals surface area contributed by atoms with Crippen LogP contribution < -0.4 is 0 Å². The van der Waals surface area contributed by atoms with Crippen LogP contribution in [0.3, 0.4) is 0 Å². The van der Waals surface area contributed by atoms with Gasteiger partial charge in [0, 0.05) is 56.9 Å². The Morgan fingerprint density at radius 1 is 0.371 bits per heavy atom. The topological polar surface area (TPSA) is 559 Å². The van der Waals surface area contributed by atoms with Crippen molar-refractivity contribution in [1.29, 1.82) is 0 Å². The third kappa shape index (κ3) is 20.8. The van der Waals surface area contributed by atoms with Gasteiger partial charge in [-0.05, 0) is 20.8 Å². The average Bonchev–Trinajstić information content (AvgIpc) is 0.804. The Hall–Kier alpha value is -2.43. The summed E-state index contributed by atoms with van der Waals surface area (Å²) in [5, 5.41) is 21.5. The third-order valence-corrected chi connectivity index (χ3v) is 16.1. The van der Waals surface area contributed by atoms with E-state index in [1.807, 2.05) is 0 Å². The molecular formula is C42H72O42S5. The Morgan fingerprint density at radius 3 is 1.02 bits per heavy atom. The predicted molar refractivity (Wildman–Crippen MR) is 275 cm³/mol. The molecule has 0 radical (unpaired) electrons. The van der Waals surface area contributed by atoms with Crippen LogP contribution >= 0.6 is 0 Å². The van der Waals surface area contributed by atoms with Crippen molar-refractivity contribution < 1.29 is 191 Å². The van der Waals surface area contributed by atoms with Crippen LogP contribution in [0.5, 0.6) is 0 Å². The number of aliphatic carboxylic acids is 2. The smallest absolute Gasteiger partial charge is 0.397 e. The van der Waals surface area contributed by atoms with Gasteiger partial charge in [0.05, 0.1) is 32.0 Å². The van der Waals surface area contributed by atoms with Crippen molar-refractivity contribution in [3.8, 4) is 0 Å². The molecule has 42 nitrogen and oxygen atoms in total. The van der Waals surface area contributed by atoms with Crippen LogP contribution in [-0.2, 0) is 168 Å². The van der Waals surface area contributed by atoms with Crippen molar-refractivity contribution in [2.75, 3.05) is 76.7 Å². The van der Waals surface area contributed by atoms with Gasteiger partial charge in [0.2, 0.25) is 0 Å². The highest BCUT2D eigenvalue weighted by molar-refractivity contribution is 7.81. The zero-order valence-electron chi connectivity index (χ0n) is 48.6. The van der Waals surface area contributed by atoms with E-state index in [4.69, 9.17) is 97.8 Å². The molecule has 5 rings (SSSR count). The van der Waals surface area contributed by atoms with Gasteiger partial charge < -0.3 is 95.5 Å². The molecule has 7 N–H and O–H groups in total. The first-order valence-electron chi connectivity index (χ1n) is 25.7. The lowest BCUT2D eigenvalue weighted by molar-refractivity contribution is -0.387. The van der Waals surface area contributed by atoms with E-state index in [9.17, 15) is 84.7 Å². The summed E-state index contributed by atoms with van der Waals surface area (Å²) in [5.74, 6) is -3.94. The number of carboxylic acid groups (broad SMARTS) is 2. The molecule has 1 unspecified atom stereocenters. The van der Waals surface area contributed by atoms with E-state index < -0.39 is 237 Å². The number of ether oxygens (including phenoxy) is 18. The van der Waals surface area contributed by atoms with Gasteiger partial charge in [-0.1, -0.05) is 0 Å². The number of rotatable bonds is 33. The Bertz CT molecular complexity index is 2870. The van der Waals surface area contributed by atoms with Crippen LogP contribution in [0.4, 0.5) is 0 Å². The minimum absolute atomic E-state index is 0.339. The molecule has 5 fully saturated rings. The molecule has 0 aromatic heterocycles. The summed E-state index contributed by atoms with van der Waals surface area (Å²) >= 11 is 0. The molecule has 0 bridgehead atoms. The van der Waals surface area contributed by atoms with E-state index in [0.717, 1.165) is 42.7 Å². The summed E-state index contributed by atoms with van der Waals surface area (Å²) in [5.41, 5.74) is 0. The molecule has 5 aliphatic heterocycles. The first-order chi connectivity index (χ1) is 41.3. The van der Waals surface area contributed by atoms with E-state index in [1.54, 1.807) is 13.8 Å². The van der Waals surface area contributed by atoms with Crippen LogP contribution in [0.15, 0.2) is 0 Å². The van der Waals surface area contributed by atoms with Gasteiger partial charge in [-0.2, -0.15) is 42.1 Å². The van der Waals surface area contributed by atoms with Crippen LogP contribution in [0.1, 0.15) is 20.8 Å². The molecule has 0 aliphatic carbocycles. The monoisotopic (exact) mass is 1410 g/mol. The van der Waals surface area contributed by atoms with Gasteiger partial charge >= 0.3 is 63.9 Å². The van der Waals surface area contributed by atoms with Crippen molar-refractivity contribution in [2.24, 2.45) is 0 Å². The highest BCUT2D eigenvalue weighted by Gasteiger charge is 2.62. The zero-order chi connectivity index (χ0) is 67.1. The number of methoxy groups -OCH3 is 8. The second-order valence-electron chi connectivity index (χ2n) is 19.8. The molecule has 5 aliphatic rings. The molecule has 0 spiro atoms. The zero-order valence-corrected chi connectivity index (χ0v) is 52.7. The Morgan fingerprint density at radius 2 is 0.674 bits per heavy atom. The lowest BCUT2D eigenvalue weighted by Crippen LogP contribution is -2.70. The van der Waals surface area contributed by atoms with Crippen molar-refractivity contribution in [1.82, 2.24) is 0 Å². The van der Waals surface area contributed by atoms with Crippen LogP contribution in [-0.4, -0.2) is 323 Å². The third-order valence-electron chi connectivity index (χ3n) is 13.8. The lowest BCUT2D eigenvalue weighted by atomic mass is 9.94. The van der Waals surface area contributed by atoms with E-state index in [-0.39, 0.29) is 6.61 Å². The van der Waals surface area contributed by atoms with Gasteiger partial charge in [0.15, 0.2) is 43.5 Å². The van der Waals surface area contributed by atoms with E-state index >= 15 is 0 Å². The van der Waals surface area contributed by atoms with E-state index in [1.165, 1.54) is 21.1 Å². The SMILES string of the molecule is COC[C@H]1O[C@H](C)[C@H](OS(=O)(=O)O)[C@@H](OC)[C@@H]1O[C@@H]1OC(C(=O)O)[C@@H](O[C@H]2O[C@H](COS(=O)(=O)O)[C@@H](O[C@@H]3O[C@H](C(=O)O)[C@@H](O[C@H]4O[C@H](COS(=O)(=O)O)[C@@H](OC(C)C)[C@H](OC)[C@H]4OC)[C@H](OC)[C@H]3OC)[C@H](OS(=O)(=O)O)[C@H]2OS(=O)(=O)O)[C@H](OC)[C@H]1OC. The molecule has 522 valence electrons. The molecule has 0 aromatic rings. The predicted octanol–water partition coefficient (Wildman–Crippen LogP) is -4.87. The summed E-state index contributed by atoms with van der Waals surface area (Å²) in [7, 11) is -19.8. The Kier molecular flexibility index (Phi) is 28.1. The summed E-state index contributed by atoms with van der Waals surface area (Å²) in [6.45, 7) is 1.56. The summed E-state index contributed by atoms with van der Waals surface area (Å²) in [4.78, 5) is 26.6. The highest BCUT2D eigenvalue weighted by Crippen LogP contribution is 2.41. The van der Waals surface area contributed by atoms with Crippen LogP contribution in [0.25, 0.3) is 0 Å². The fourth-order valence-corrected chi connectivity index (χ4v) is 12.6. The molecule has 5 saturated heterocycles. The standard InChI is InChI=1S/C42H72O42S5/c1-15(2)72-21-18(13-70-85(47,48)49)74-39(33(67-9)25(21)64-6)78-28-26(65-7)35(69-11)41(81-31(28)37(43)44)77-23-19(14-71-86(50,51)52)75-42(36(84-89(59,60)61)30(23)83-88(56,57)58)79-29-27(66-8)34(68-10)40(80-32(29)38(45)46)76-22-17(12-62-4)73-16(3)20(24(22)63-5)82-87(53,54)55/h15-36,39-42H,12-14H2,1-11H3,(H,43,44)(H,45,46)(H,47,48,49)(H,50,51,52)(H,53,54,55)(H,56,57,58)(H,59,60,61)/t16-,17-,18-,19-,20+,21-,22-,23-,24-,25+,26+,27+,28+,29+,30+,31+,32?,33-,34-,35-,36-,39-,40-,41-,42-/m1/s1. The maximum absolute atomic E-state index is 13.3. The molecule has 0 amide bonds. The lowest BCUT2D eigenvalue weighted by Gasteiger charge is -2.51. The maximum Gasteiger partial charge on any atom is 0.397 e. The van der Waals surface area contributed by atoms with Crippen molar-refractivity contribution in [2.45, 2.75) is 180 Å². The van der Waals surface area contributed by atoms with Crippen molar-refractivity contribution in [3.63, 3.8) is 0 Å². The van der Waals surface area contributed by atoms with E-state index in [0.29, 0.717) is 0 Å². The molecule has 0 aromatic carbocycles. The highest BCUT2D eigenvalue weighted by atomic mass is 32.3. The summed E-state index contributed by atoms with van der Waals surface area (Å²) in [6.07, 6.45) is -50.4. The molecular weight excluding hydrogens is 1340 g/mol. The Balaban J connectivity index is 1.59. The van der Waals surface area contributed by atoms with Gasteiger partial charge in [-0.15, -0.1) is 0 Å². The fraction of sp³-hybridized carbons (Fsp3) is 0.952. The molecule has 89 heavy (non-hydrogen) atoms. The normalized spacial score (nSPS) is 38.8. The molecule has 25 atom stereocenters. The summed E-state index contributed by atoms with van der Waals surface area (Å²) < 4.78 is 300. The first kappa shape index (κ1) is 77.3. The van der Waals surface area contributed by atoms with Gasteiger partial charge in [0.25, 0.3) is 0 Å². The minimum atomic E-state index is -6.08. The number of hydrogen-bond donors (Lipinski definition) is 7. The largest absolute Gasteiger partial charge is 0.479 e. The molecule has 0 saturated carbocycles. The second kappa shape index (κ2) is 32.3. The van der Waals surface area contributed by atoms with Crippen molar-refractivity contribution in [3.05, 3.63) is 0 Å². The van der Waals surface area contributed by atoms with Gasteiger partial charge in [0.1, 0.15) is 104 Å². The van der Waals surface area contributed by atoms with Gasteiger partial charge in [-0.3, -0.25) is 22.8 Å². The first-order valence-corrected chi connectivity index (χ1v) is 32.5. The maximum atomic E-state index is 13.3. The minimum Gasteiger partial charge on any atom is -0.479 e. The average molecular weight is 1410 g/mol. The van der Waals surface area contributed by atoms with Crippen LogP contribution in [0.2, 0.25) is 0 Å². The van der Waals surface area contributed by atoms with E-state index in [2.05, 4.69) is 8.37 Å². The Labute approximate surface area is 509 Å².